The summed E-state index contributed by atoms with van der Waals surface area (Å²) < 4.78 is 5.60. The highest BCUT2D eigenvalue weighted by molar-refractivity contribution is 6.40. The summed E-state index contributed by atoms with van der Waals surface area (Å²) in [5.74, 6) is -1.57. The topological polar surface area (TPSA) is 109 Å². The molecule has 0 spiro atoms. The number of para-hydroxylation sites is 2. The van der Waals surface area contributed by atoms with Crippen molar-refractivity contribution >= 4 is 35.3 Å². The van der Waals surface area contributed by atoms with Crippen LogP contribution < -0.4 is 20.8 Å². The third kappa shape index (κ3) is 7.30. The largest absolute Gasteiger partial charge is 0.494 e. The summed E-state index contributed by atoms with van der Waals surface area (Å²) in [6, 6.07) is 22.5. The minimum atomic E-state index is -0.964. The first-order valence-electron chi connectivity index (χ1n) is 10.9. The van der Waals surface area contributed by atoms with Gasteiger partial charge in [0.25, 0.3) is 5.91 Å². The van der Waals surface area contributed by atoms with Gasteiger partial charge in [0.1, 0.15) is 5.75 Å². The van der Waals surface area contributed by atoms with E-state index < -0.39 is 17.7 Å². The summed E-state index contributed by atoms with van der Waals surface area (Å²) in [7, 11) is 0. The SMILES string of the molecule is CCCCOc1ccc(/C=N/NC(=O)C(=O)Nc2ccccc2C(=O)Nc2ccccc2)cc1. The molecule has 0 aliphatic carbocycles. The molecule has 3 rings (SSSR count). The maximum Gasteiger partial charge on any atom is 0.329 e. The molecule has 3 aromatic rings. The Hall–Kier alpha value is -4.46. The fourth-order valence-electron chi connectivity index (χ4n) is 2.89. The van der Waals surface area contributed by atoms with E-state index in [4.69, 9.17) is 4.74 Å². The molecule has 0 heterocycles. The van der Waals surface area contributed by atoms with Crippen LogP contribution in [0.2, 0.25) is 0 Å². The molecule has 34 heavy (non-hydrogen) atoms. The van der Waals surface area contributed by atoms with Crippen molar-refractivity contribution in [2.24, 2.45) is 5.10 Å². The first-order chi connectivity index (χ1) is 16.6. The average Bonchev–Trinajstić information content (AvgIpc) is 2.86. The zero-order valence-corrected chi connectivity index (χ0v) is 18.8. The molecule has 0 bridgehead atoms. The highest BCUT2D eigenvalue weighted by Gasteiger charge is 2.17. The lowest BCUT2D eigenvalue weighted by atomic mass is 10.1. The molecule has 3 amide bonds. The molecule has 174 valence electrons. The number of hydrogen-bond donors (Lipinski definition) is 3. The van der Waals surface area contributed by atoms with Crippen LogP contribution in [0.5, 0.6) is 5.75 Å². The number of unbranched alkanes of at least 4 members (excludes halogenated alkanes) is 1. The number of carbonyl (C=O) groups is 3. The van der Waals surface area contributed by atoms with Crippen LogP contribution in [0.3, 0.4) is 0 Å². The third-order valence-corrected chi connectivity index (χ3v) is 4.68. The Labute approximate surface area is 198 Å². The van der Waals surface area contributed by atoms with Gasteiger partial charge in [-0.3, -0.25) is 14.4 Å². The molecule has 8 heteroatoms. The summed E-state index contributed by atoms with van der Waals surface area (Å²) in [6.07, 6.45) is 3.46. The number of benzene rings is 3. The molecule has 0 fully saturated rings. The number of hydrazone groups is 1. The van der Waals surface area contributed by atoms with Crippen LogP contribution in [0.15, 0.2) is 84.0 Å². The van der Waals surface area contributed by atoms with Crippen LogP contribution >= 0.6 is 0 Å². The molecular formula is C26H26N4O4. The lowest BCUT2D eigenvalue weighted by molar-refractivity contribution is -0.136. The normalized spacial score (nSPS) is 10.5. The number of rotatable bonds is 9. The zero-order valence-electron chi connectivity index (χ0n) is 18.8. The molecule has 0 saturated heterocycles. The van der Waals surface area contributed by atoms with Crippen molar-refractivity contribution in [3.8, 4) is 5.75 Å². The van der Waals surface area contributed by atoms with Crippen molar-refractivity contribution in [2.45, 2.75) is 19.8 Å². The Morgan fingerprint density at radius 2 is 1.56 bits per heavy atom. The van der Waals surface area contributed by atoms with Crippen molar-refractivity contribution in [1.29, 1.82) is 0 Å². The number of nitrogens with one attached hydrogen (secondary N) is 3. The van der Waals surface area contributed by atoms with Crippen LogP contribution in [0.25, 0.3) is 0 Å². The van der Waals surface area contributed by atoms with Gasteiger partial charge in [0.05, 0.1) is 24.1 Å². The molecule has 3 N–H and O–H groups in total. The second-order valence-electron chi connectivity index (χ2n) is 7.29. The monoisotopic (exact) mass is 458 g/mol. The van der Waals surface area contributed by atoms with Crippen molar-refractivity contribution in [3.05, 3.63) is 90.0 Å². The fraction of sp³-hybridized carbons (Fsp3) is 0.154. The summed E-state index contributed by atoms with van der Waals surface area (Å²) in [4.78, 5) is 37.1. The number of carbonyl (C=O) groups excluding carboxylic acids is 3. The molecule has 0 unspecified atom stereocenters. The van der Waals surface area contributed by atoms with Gasteiger partial charge in [0.15, 0.2) is 0 Å². The summed E-state index contributed by atoms with van der Waals surface area (Å²) >= 11 is 0. The number of hydrogen-bond acceptors (Lipinski definition) is 5. The van der Waals surface area contributed by atoms with E-state index in [0.29, 0.717) is 12.3 Å². The Morgan fingerprint density at radius 1 is 0.853 bits per heavy atom. The molecular weight excluding hydrogens is 432 g/mol. The Morgan fingerprint density at radius 3 is 2.29 bits per heavy atom. The average molecular weight is 459 g/mol. The van der Waals surface area contributed by atoms with Crippen LogP contribution in [-0.2, 0) is 9.59 Å². The van der Waals surface area contributed by atoms with Crippen molar-refractivity contribution in [2.75, 3.05) is 17.2 Å². The Balaban J connectivity index is 1.54. The second-order valence-corrected chi connectivity index (χ2v) is 7.29. The number of anilines is 2. The number of ether oxygens (including phenoxy) is 1. The molecule has 0 saturated carbocycles. The molecule has 0 aliphatic heterocycles. The van der Waals surface area contributed by atoms with E-state index in [1.54, 1.807) is 60.7 Å². The molecule has 8 nitrogen and oxygen atoms in total. The van der Waals surface area contributed by atoms with Gasteiger partial charge < -0.3 is 15.4 Å². The minimum Gasteiger partial charge on any atom is -0.494 e. The molecule has 0 aliphatic rings. The van der Waals surface area contributed by atoms with E-state index in [-0.39, 0.29) is 11.3 Å². The summed E-state index contributed by atoms with van der Waals surface area (Å²) in [6.45, 7) is 2.76. The minimum absolute atomic E-state index is 0.207. The van der Waals surface area contributed by atoms with Gasteiger partial charge >= 0.3 is 11.8 Å². The Kier molecular flexibility index (Phi) is 8.92. The van der Waals surface area contributed by atoms with Crippen molar-refractivity contribution < 1.29 is 19.1 Å². The number of nitrogens with zero attached hydrogens (tertiary/aromatic N) is 1. The van der Waals surface area contributed by atoms with Crippen molar-refractivity contribution in [1.82, 2.24) is 5.43 Å². The van der Waals surface area contributed by atoms with Crippen molar-refractivity contribution in [3.63, 3.8) is 0 Å². The van der Waals surface area contributed by atoms with Gasteiger partial charge in [-0.2, -0.15) is 5.10 Å². The maximum atomic E-state index is 12.6. The van der Waals surface area contributed by atoms with Crippen LogP contribution in [0.4, 0.5) is 11.4 Å². The lowest BCUT2D eigenvalue weighted by Crippen LogP contribution is -2.33. The fourth-order valence-corrected chi connectivity index (χ4v) is 2.89. The van der Waals surface area contributed by atoms with E-state index in [1.165, 1.54) is 6.21 Å². The van der Waals surface area contributed by atoms with Gasteiger partial charge in [0, 0.05) is 5.69 Å². The van der Waals surface area contributed by atoms with Gasteiger partial charge in [-0.05, 0) is 60.5 Å². The van der Waals surface area contributed by atoms with Crippen LogP contribution in [0.1, 0.15) is 35.7 Å². The van der Waals surface area contributed by atoms with E-state index >= 15 is 0 Å². The molecule has 3 aromatic carbocycles. The Bertz CT molecular complexity index is 1140. The first kappa shape index (κ1) is 24.2. The predicted molar refractivity (Wildman–Crippen MR) is 132 cm³/mol. The van der Waals surface area contributed by atoms with E-state index in [9.17, 15) is 14.4 Å². The van der Waals surface area contributed by atoms with E-state index in [2.05, 4.69) is 28.1 Å². The van der Waals surface area contributed by atoms with Gasteiger partial charge in [0.2, 0.25) is 0 Å². The van der Waals surface area contributed by atoms with E-state index in [1.807, 2.05) is 18.2 Å². The smallest absolute Gasteiger partial charge is 0.329 e. The van der Waals surface area contributed by atoms with E-state index in [0.717, 1.165) is 24.2 Å². The molecule has 0 atom stereocenters. The standard InChI is InChI=1S/C26H26N4O4/c1-2-3-17-34-21-15-13-19(14-16-21)18-27-30-26(33)25(32)29-23-12-8-7-11-22(23)24(31)28-20-9-5-4-6-10-20/h4-16,18H,2-3,17H2,1H3,(H,28,31)(H,29,32)(H,30,33)/b27-18+. The third-order valence-electron chi connectivity index (χ3n) is 4.68. The first-order valence-corrected chi connectivity index (χ1v) is 10.9. The second kappa shape index (κ2) is 12.5. The highest BCUT2D eigenvalue weighted by Crippen LogP contribution is 2.17. The zero-order chi connectivity index (χ0) is 24.2. The van der Waals surface area contributed by atoms with Crippen LogP contribution in [0, 0.1) is 0 Å². The predicted octanol–water partition coefficient (Wildman–Crippen LogP) is 4.21. The number of amides is 3. The lowest BCUT2D eigenvalue weighted by Gasteiger charge is -2.11. The van der Waals surface area contributed by atoms with Gasteiger partial charge in [-0.1, -0.05) is 43.7 Å². The summed E-state index contributed by atoms with van der Waals surface area (Å²) in [5.41, 5.74) is 3.95. The maximum absolute atomic E-state index is 12.6. The highest BCUT2D eigenvalue weighted by atomic mass is 16.5. The molecule has 0 aromatic heterocycles. The molecule has 0 radical (unpaired) electrons. The summed E-state index contributed by atoms with van der Waals surface area (Å²) in [5, 5.41) is 9.02. The van der Waals surface area contributed by atoms with Gasteiger partial charge in [-0.15, -0.1) is 0 Å². The quantitative estimate of drug-likeness (QED) is 0.193. The van der Waals surface area contributed by atoms with Crippen LogP contribution in [-0.4, -0.2) is 30.5 Å². The van der Waals surface area contributed by atoms with Gasteiger partial charge in [-0.25, -0.2) is 5.43 Å².